The lowest BCUT2D eigenvalue weighted by Crippen LogP contribution is -2.40. The predicted octanol–water partition coefficient (Wildman–Crippen LogP) is 2.44. The van der Waals surface area contributed by atoms with Crippen molar-refractivity contribution in [2.75, 3.05) is 37.8 Å². The van der Waals surface area contributed by atoms with Crippen molar-refractivity contribution in [2.45, 2.75) is 24.8 Å². The van der Waals surface area contributed by atoms with Crippen molar-refractivity contribution in [3.05, 3.63) is 58.6 Å². The summed E-state index contributed by atoms with van der Waals surface area (Å²) in [6, 6.07) is 12.3. The molecule has 1 saturated heterocycles. The summed E-state index contributed by atoms with van der Waals surface area (Å²) in [5.74, 6) is -0.563. The lowest BCUT2D eigenvalue weighted by Gasteiger charge is -2.27. The van der Waals surface area contributed by atoms with Crippen LogP contribution in [0.25, 0.3) is 0 Å². The lowest BCUT2D eigenvalue weighted by molar-refractivity contribution is -0.386. The third-order valence-corrected chi connectivity index (χ3v) is 6.80. The summed E-state index contributed by atoms with van der Waals surface area (Å²) in [7, 11) is -3.91. The van der Waals surface area contributed by atoms with Crippen molar-refractivity contribution >= 4 is 27.3 Å². The van der Waals surface area contributed by atoms with E-state index in [9.17, 15) is 23.3 Å². The number of amides is 1. The van der Waals surface area contributed by atoms with Gasteiger partial charge in [0.15, 0.2) is 12.4 Å². The van der Waals surface area contributed by atoms with Gasteiger partial charge < -0.3 is 14.4 Å². The molecule has 32 heavy (non-hydrogen) atoms. The summed E-state index contributed by atoms with van der Waals surface area (Å²) < 4.78 is 37.5. The summed E-state index contributed by atoms with van der Waals surface area (Å²) in [6.07, 6.45) is 0. The Hall–Kier alpha value is -3.02. The SMILES string of the molecule is CC(C)N(C(=O)COc1ccc(S(=O)(=O)N2CCOCC2)cc1[N+](=O)[O-])c1ccccc1. The molecule has 1 aliphatic rings. The molecule has 1 heterocycles. The quantitative estimate of drug-likeness (QED) is 0.436. The van der Waals surface area contributed by atoms with Gasteiger partial charge in [0.1, 0.15) is 0 Å². The van der Waals surface area contributed by atoms with Crippen LogP contribution in [0.4, 0.5) is 11.4 Å². The van der Waals surface area contributed by atoms with Gasteiger partial charge in [0.05, 0.1) is 23.0 Å². The molecular formula is C21H25N3O7S. The van der Waals surface area contributed by atoms with E-state index in [0.29, 0.717) is 5.69 Å². The summed E-state index contributed by atoms with van der Waals surface area (Å²) in [6.45, 7) is 4.12. The van der Waals surface area contributed by atoms with Crippen LogP contribution in [0.2, 0.25) is 0 Å². The zero-order valence-corrected chi connectivity index (χ0v) is 18.7. The number of ether oxygens (including phenoxy) is 2. The van der Waals surface area contributed by atoms with Gasteiger partial charge in [-0.15, -0.1) is 0 Å². The van der Waals surface area contributed by atoms with Gasteiger partial charge >= 0.3 is 5.69 Å². The zero-order chi connectivity index (χ0) is 23.3. The van der Waals surface area contributed by atoms with Gasteiger partial charge in [-0.05, 0) is 38.1 Å². The minimum atomic E-state index is -3.91. The van der Waals surface area contributed by atoms with Gasteiger partial charge in [-0.2, -0.15) is 4.31 Å². The Morgan fingerprint density at radius 3 is 2.44 bits per heavy atom. The normalized spacial score (nSPS) is 14.8. The predicted molar refractivity (Wildman–Crippen MR) is 117 cm³/mol. The van der Waals surface area contributed by atoms with Gasteiger partial charge in [0, 0.05) is 30.9 Å². The van der Waals surface area contributed by atoms with Crippen LogP contribution in [0.3, 0.4) is 0 Å². The van der Waals surface area contributed by atoms with Crippen LogP contribution < -0.4 is 9.64 Å². The number of rotatable bonds is 8. The van der Waals surface area contributed by atoms with Crippen molar-refractivity contribution in [1.82, 2.24) is 4.31 Å². The highest BCUT2D eigenvalue weighted by Crippen LogP contribution is 2.31. The van der Waals surface area contributed by atoms with Crippen molar-refractivity contribution in [3.8, 4) is 5.75 Å². The topological polar surface area (TPSA) is 119 Å². The second kappa shape index (κ2) is 10.1. The fraction of sp³-hybridized carbons (Fsp3) is 0.381. The summed E-state index contributed by atoms with van der Waals surface area (Å²) in [5, 5.41) is 11.6. The van der Waals surface area contributed by atoms with E-state index in [-0.39, 0.29) is 48.9 Å². The molecule has 11 heteroatoms. The number of morpholine rings is 1. The second-order valence-corrected chi connectivity index (χ2v) is 9.32. The van der Waals surface area contributed by atoms with Crippen molar-refractivity contribution in [3.63, 3.8) is 0 Å². The monoisotopic (exact) mass is 463 g/mol. The molecule has 0 N–H and O–H groups in total. The Bertz CT molecular complexity index is 1070. The molecule has 1 aliphatic heterocycles. The Labute approximate surface area is 186 Å². The Kier molecular flexibility index (Phi) is 7.44. The molecule has 0 atom stereocenters. The van der Waals surface area contributed by atoms with E-state index >= 15 is 0 Å². The van der Waals surface area contributed by atoms with Gasteiger partial charge in [-0.1, -0.05) is 18.2 Å². The van der Waals surface area contributed by atoms with Gasteiger partial charge in [-0.3, -0.25) is 14.9 Å². The third-order valence-electron chi connectivity index (χ3n) is 4.91. The standard InChI is InChI=1S/C21H25N3O7S/c1-16(2)23(17-6-4-3-5-7-17)21(25)15-31-20-9-8-18(14-19(20)24(26)27)32(28,29)22-10-12-30-13-11-22/h3-9,14,16H,10-13,15H2,1-2H3. The second-order valence-electron chi connectivity index (χ2n) is 7.38. The highest BCUT2D eigenvalue weighted by atomic mass is 32.2. The van der Waals surface area contributed by atoms with E-state index in [4.69, 9.17) is 9.47 Å². The van der Waals surface area contributed by atoms with E-state index in [1.54, 1.807) is 24.3 Å². The average Bonchev–Trinajstić information content (AvgIpc) is 2.78. The molecule has 2 aromatic rings. The molecule has 10 nitrogen and oxygen atoms in total. The molecule has 0 saturated carbocycles. The van der Waals surface area contributed by atoms with E-state index in [2.05, 4.69) is 0 Å². The molecule has 1 fully saturated rings. The first-order chi connectivity index (χ1) is 15.2. The number of para-hydroxylation sites is 1. The fourth-order valence-electron chi connectivity index (χ4n) is 3.39. The van der Waals surface area contributed by atoms with Crippen molar-refractivity contribution < 1.29 is 27.6 Å². The van der Waals surface area contributed by atoms with E-state index in [1.807, 2.05) is 19.9 Å². The number of anilines is 1. The molecule has 1 amide bonds. The number of hydrogen-bond acceptors (Lipinski definition) is 7. The van der Waals surface area contributed by atoms with Crippen molar-refractivity contribution in [1.29, 1.82) is 0 Å². The molecule has 0 unspecified atom stereocenters. The number of benzene rings is 2. The number of carbonyl (C=O) groups excluding carboxylic acids is 1. The first-order valence-corrected chi connectivity index (χ1v) is 11.5. The number of nitrogens with zero attached hydrogens (tertiary/aromatic N) is 3. The molecule has 0 aliphatic carbocycles. The summed E-state index contributed by atoms with van der Waals surface area (Å²) in [5.41, 5.74) is 0.153. The molecular weight excluding hydrogens is 438 g/mol. The zero-order valence-electron chi connectivity index (χ0n) is 17.8. The van der Waals surface area contributed by atoms with E-state index in [0.717, 1.165) is 6.07 Å². The van der Waals surface area contributed by atoms with Crippen LogP contribution in [0.5, 0.6) is 5.75 Å². The molecule has 0 spiro atoms. The highest BCUT2D eigenvalue weighted by molar-refractivity contribution is 7.89. The Morgan fingerprint density at radius 1 is 1.19 bits per heavy atom. The minimum Gasteiger partial charge on any atom is -0.477 e. The van der Waals surface area contributed by atoms with Gasteiger partial charge in [-0.25, -0.2) is 8.42 Å². The van der Waals surface area contributed by atoms with Crippen molar-refractivity contribution in [2.24, 2.45) is 0 Å². The Morgan fingerprint density at radius 2 is 1.84 bits per heavy atom. The maximum absolute atomic E-state index is 12.8. The molecule has 2 aromatic carbocycles. The molecule has 172 valence electrons. The van der Waals surface area contributed by atoms with Crippen LogP contribution >= 0.6 is 0 Å². The molecule has 3 rings (SSSR count). The largest absolute Gasteiger partial charge is 0.477 e. The number of nitro benzene ring substituents is 1. The number of hydrogen-bond donors (Lipinski definition) is 0. The van der Waals surface area contributed by atoms with Crippen LogP contribution in [0.1, 0.15) is 13.8 Å². The lowest BCUT2D eigenvalue weighted by atomic mass is 10.2. The Balaban J connectivity index is 1.81. The number of carbonyl (C=O) groups is 1. The minimum absolute atomic E-state index is 0.162. The van der Waals surface area contributed by atoms with Crippen LogP contribution in [-0.2, 0) is 19.6 Å². The molecule has 0 radical (unpaired) electrons. The third kappa shape index (κ3) is 5.23. The maximum atomic E-state index is 12.8. The van der Waals surface area contributed by atoms with Crippen LogP contribution in [0.15, 0.2) is 53.4 Å². The average molecular weight is 464 g/mol. The maximum Gasteiger partial charge on any atom is 0.312 e. The van der Waals surface area contributed by atoms with E-state index < -0.39 is 27.2 Å². The van der Waals surface area contributed by atoms with Crippen LogP contribution in [0, 0.1) is 10.1 Å². The summed E-state index contributed by atoms with van der Waals surface area (Å²) in [4.78, 5) is 25.0. The molecule has 0 aromatic heterocycles. The highest BCUT2D eigenvalue weighted by Gasteiger charge is 2.29. The smallest absolute Gasteiger partial charge is 0.312 e. The van der Waals surface area contributed by atoms with Crippen LogP contribution in [-0.4, -0.2) is 62.5 Å². The summed E-state index contributed by atoms with van der Waals surface area (Å²) >= 11 is 0. The fourth-order valence-corrected chi connectivity index (χ4v) is 4.81. The first-order valence-electron chi connectivity index (χ1n) is 10.1. The number of nitro groups is 1. The number of sulfonamides is 1. The molecule has 0 bridgehead atoms. The first kappa shape index (κ1) is 23.6. The van der Waals surface area contributed by atoms with Gasteiger partial charge in [0.2, 0.25) is 10.0 Å². The van der Waals surface area contributed by atoms with E-state index in [1.165, 1.54) is 21.3 Å². The van der Waals surface area contributed by atoms with Gasteiger partial charge in [0.25, 0.3) is 5.91 Å².